The van der Waals surface area contributed by atoms with Gasteiger partial charge in [-0.2, -0.15) is 0 Å². The van der Waals surface area contributed by atoms with E-state index in [0.29, 0.717) is 12.6 Å². The summed E-state index contributed by atoms with van der Waals surface area (Å²) in [6.07, 6.45) is 1.48. The number of nitrogens with zero attached hydrogens (tertiary/aromatic N) is 4. The molecule has 2 aromatic heterocycles. The van der Waals surface area contributed by atoms with Gasteiger partial charge in [0.2, 0.25) is 0 Å². The number of halogens is 3. The van der Waals surface area contributed by atoms with Gasteiger partial charge in [-0.3, -0.25) is 0 Å². The van der Waals surface area contributed by atoms with E-state index in [1.165, 1.54) is 10.9 Å². The van der Waals surface area contributed by atoms with Gasteiger partial charge in [-0.15, -0.1) is 16.4 Å². The summed E-state index contributed by atoms with van der Waals surface area (Å²) < 4.78 is 41.6. The summed E-state index contributed by atoms with van der Waals surface area (Å²) in [7, 11) is 0. The molecule has 0 radical (unpaired) electrons. The van der Waals surface area contributed by atoms with Crippen LogP contribution in [0.3, 0.4) is 0 Å². The second kappa shape index (κ2) is 6.01. The fourth-order valence-electron chi connectivity index (χ4n) is 2.11. The van der Waals surface area contributed by atoms with Crippen molar-refractivity contribution in [2.75, 3.05) is 0 Å². The predicted molar refractivity (Wildman–Crippen MR) is 85.2 cm³/mol. The molecular formula is C16H15F3N4S. The number of benzene rings is 1. The summed E-state index contributed by atoms with van der Waals surface area (Å²) in [5.41, 5.74) is 0.782. The Kier molecular flexibility index (Phi) is 4.16. The molecular weight excluding hydrogens is 337 g/mol. The Bertz CT molecular complexity index is 880. The molecule has 0 aliphatic heterocycles. The van der Waals surface area contributed by atoms with Gasteiger partial charge >= 0.3 is 0 Å². The number of hydrogen-bond donors (Lipinski definition) is 0. The first kappa shape index (κ1) is 16.6. The van der Waals surface area contributed by atoms with Crippen LogP contribution in [0, 0.1) is 17.5 Å². The summed E-state index contributed by atoms with van der Waals surface area (Å²) in [5, 5.41) is 10.7. The molecule has 0 atom stereocenters. The van der Waals surface area contributed by atoms with Crippen LogP contribution in [-0.2, 0) is 12.0 Å². The van der Waals surface area contributed by atoms with Crippen LogP contribution in [0.15, 0.2) is 23.7 Å². The zero-order valence-electron chi connectivity index (χ0n) is 13.3. The van der Waals surface area contributed by atoms with E-state index in [4.69, 9.17) is 0 Å². The second-order valence-electron chi connectivity index (χ2n) is 6.44. The first-order valence-electron chi connectivity index (χ1n) is 7.24. The number of thiazole rings is 1. The third-order valence-corrected chi connectivity index (χ3v) is 4.66. The van der Waals surface area contributed by atoms with Crippen LogP contribution in [0.25, 0.3) is 11.3 Å². The summed E-state index contributed by atoms with van der Waals surface area (Å²) in [6.45, 7) is 6.60. The largest absolute Gasteiger partial charge is 0.246 e. The van der Waals surface area contributed by atoms with E-state index in [1.54, 1.807) is 11.3 Å². The van der Waals surface area contributed by atoms with Crippen molar-refractivity contribution in [2.45, 2.75) is 32.7 Å². The quantitative estimate of drug-likeness (QED) is 0.665. The highest BCUT2D eigenvalue weighted by Gasteiger charge is 2.19. The molecule has 0 spiro atoms. The molecule has 3 aromatic rings. The number of rotatable bonds is 3. The first-order chi connectivity index (χ1) is 11.2. The van der Waals surface area contributed by atoms with Crippen LogP contribution in [0.2, 0.25) is 0 Å². The molecule has 0 amide bonds. The molecule has 0 bridgehead atoms. The maximum absolute atomic E-state index is 13.8. The normalized spacial score (nSPS) is 11.9. The third kappa shape index (κ3) is 3.33. The van der Waals surface area contributed by atoms with E-state index in [9.17, 15) is 13.2 Å². The molecule has 4 nitrogen and oxygen atoms in total. The zero-order chi connectivity index (χ0) is 17.5. The van der Waals surface area contributed by atoms with E-state index in [1.807, 2.05) is 5.38 Å². The lowest BCUT2D eigenvalue weighted by Gasteiger charge is -2.13. The molecule has 0 N–H and O–H groups in total. The minimum Gasteiger partial charge on any atom is -0.246 e. The Morgan fingerprint density at radius 1 is 1.08 bits per heavy atom. The van der Waals surface area contributed by atoms with Crippen molar-refractivity contribution in [1.82, 2.24) is 20.0 Å². The average molecular weight is 352 g/mol. The molecule has 0 aliphatic carbocycles. The molecule has 0 saturated carbocycles. The predicted octanol–water partition coefficient (Wildman–Crippen LogP) is 4.16. The Hall–Kier alpha value is -2.22. The van der Waals surface area contributed by atoms with Crippen molar-refractivity contribution < 1.29 is 13.2 Å². The third-order valence-electron chi connectivity index (χ3n) is 3.34. The van der Waals surface area contributed by atoms with E-state index in [-0.39, 0.29) is 16.7 Å². The first-order valence-corrected chi connectivity index (χ1v) is 8.12. The van der Waals surface area contributed by atoms with E-state index in [2.05, 4.69) is 36.1 Å². The van der Waals surface area contributed by atoms with Gasteiger partial charge in [-0.05, 0) is 6.07 Å². The van der Waals surface area contributed by atoms with Crippen molar-refractivity contribution in [3.05, 3.63) is 51.9 Å². The lowest BCUT2D eigenvalue weighted by Crippen LogP contribution is -2.11. The maximum Gasteiger partial charge on any atom is 0.161 e. The van der Waals surface area contributed by atoms with Crippen LogP contribution in [0.5, 0.6) is 0 Å². The molecule has 126 valence electrons. The zero-order valence-corrected chi connectivity index (χ0v) is 14.2. The Balaban J connectivity index is 1.84. The van der Waals surface area contributed by atoms with Crippen LogP contribution in [-0.4, -0.2) is 20.0 Å². The Morgan fingerprint density at radius 2 is 1.79 bits per heavy atom. The van der Waals surface area contributed by atoms with Gasteiger partial charge in [0.25, 0.3) is 0 Å². The van der Waals surface area contributed by atoms with Crippen molar-refractivity contribution in [2.24, 2.45) is 0 Å². The van der Waals surface area contributed by atoms with Crippen molar-refractivity contribution in [3.8, 4) is 11.3 Å². The molecule has 24 heavy (non-hydrogen) atoms. The Labute approximate surface area is 141 Å². The average Bonchev–Trinajstić information content (AvgIpc) is 3.12. The lowest BCUT2D eigenvalue weighted by molar-refractivity contribution is 0.496. The van der Waals surface area contributed by atoms with E-state index >= 15 is 0 Å². The minimum atomic E-state index is -1.24. The topological polar surface area (TPSA) is 43.6 Å². The summed E-state index contributed by atoms with van der Waals surface area (Å²) in [4.78, 5) is 4.55. The molecule has 2 heterocycles. The maximum atomic E-state index is 13.8. The summed E-state index contributed by atoms with van der Waals surface area (Å²) in [6, 6.07) is 1.28. The van der Waals surface area contributed by atoms with Crippen molar-refractivity contribution >= 4 is 11.3 Å². The number of hydrogen-bond acceptors (Lipinski definition) is 4. The van der Waals surface area contributed by atoms with Crippen LogP contribution in [0.1, 0.15) is 31.5 Å². The fraction of sp³-hybridized carbons (Fsp3) is 0.312. The SMILES string of the molecule is CC(C)(C)c1nc(Cn2cc(-c3cc(F)c(F)cc3F)nn2)cs1. The van der Waals surface area contributed by atoms with Gasteiger partial charge in [-0.1, -0.05) is 26.0 Å². The minimum absolute atomic E-state index is 0.0365. The highest BCUT2D eigenvalue weighted by atomic mass is 32.1. The highest BCUT2D eigenvalue weighted by Crippen LogP contribution is 2.26. The second-order valence-corrected chi connectivity index (χ2v) is 7.30. The van der Waals surface area contributed by atoms with Crippen molar-refractivity contribution in [3.63, 3.8) is 0 Å². The summed E-state index contributed by atoms with van der Waals surface area (Å²) in [5.74, 6) is -3.25. The van der Waals surface area contributed by atoms with Gasteiger partial charge in [0.1, 0.15) is 11.5 Å². The van der Waals surface area contributed by atoms with E-state index < -0.39 is 17.5 Å². The molecule has 3 rings (SSSR count). The molecule has 0 fully saturated rings. The molecule has 0 unspecified atom stereocenters. The fourth-order valence-corrected chi connectivity index (χ4v) is 3.01. The van der Waals surface area contributed by atoms with E-state index in [0.717, 1.165) is 16.8 Å². The summed E-state index contributed by atoms with van der Waals surface area (Å²) >= 11 is 1.56. The smallest absolute Gasteiger partial charge is 0.161 e. The molecule has 1 aromatic carbocycles. The van der Waals surface area contributed by atoms with Crippen LogP contribution >= 0.6 is 11.3 Å². The van der Waals surface area contributed by atoms with Gasteiger partial charge < -0.3 is 0 Å². The molecule has 8 heteroatoms. The highest BCUT2D eigenvalue weighted by molar-refractivity contribution is 7.09. The Morgan fingerprint density at radius 3 is 2.46 bits per heavy atom. The van der Waals surface area contributed by atoms with Crippen molar-refractivity contribution in [1.29, 1.82) is 0 Å². The standard InChI is InChI=1S/C16H15F3N4S/c1-16(2,3)15-20-9(8-24-15)6-23-7-14(21-22-23)10-4-12(18)13(19)5-11(10)17/h4-5,7-8H,6H2,1-3H3. The van der Waals surface area contributed by atoms with Crippen LogP contribution in [0.4, 0.5) is 13.2 Å². The number of aromatic nitrogens is 4. The van der Waals surface area contributed by atoms with Gasteiger partial charge in [0, 0.05) is 22.4 Å². The van der Waals surface area contributed by atoms with Gasteiger partial charge in [0.05, 0.1) is 23.4 Å². The lowest BCUT2D eigenvalue weighted by atomic mass is 9.98. The van der Waals surface area contributed by atoms with Gasteiger partial charge in [0.15, 0.2) is 11.6 Å². The molecule has 0 saturated heterocycles. The monoisotopic (exact) mass is 352 g/mol. The van der Waals surface area contributed by atoms with Crippen LogP contribution < -0.4 is 0 Å². The molecule has 0 aliphatic rings. The van der Waals surface area contributed by atoms with Gasteiger partial charge in [-0.25, -0.2) is 22.8 Å².